The number of hydrogen-bond acceptors (Lipinski definition) is 46. The molecule has 9 saturated heterocycles. The molecular weight excluding hydrogens is 1900 g/mol. The topological polar surface area (TPSA) is 715 Å². The number of esters is 3. The number of aliphatic hydroxyl groups excluding tert-OH is 23. The molecule has 0 aromatic rings. The van der Waals surface area contributed by atoms with Crippen LogP contribution in [-0.2, 0) is 104 Å². The van der Waals surface area contributed by atoms with Gasteiger partial charge in [-0.2, -0.15) is 0 Å². The number of rotatable bonds is 34. The standard InChI is InChI=1S/C97H152O46/c1-16-92(11,124)24-18-20-43(32-99)80(122)137-71-40(5)129-86(69(119)65(71)115)143-93(12,17-2)25-19-21-42(31-98)79(121)134-54-30-97(89(123)142-88-75(64(114)59(109)46(34-101)132-88)141-85-70(120)73(139-84-68(118)62(112)58(108)45(33-100)130-84)72(41(6)128-85)138-83-67(117)60(110)47(35-102)131-83)51(29-90(54,7)8)96(15)50(28-52(97)104)95(14)26-22-49-91(9,10)53(23-27-94(49,13)77(95)76-78(96)136-76)135-81-38(3)55(105)61(111)48(133-81)37-126-87-74(63(113)56(106)39(4)127-87)140-82-66(116)57(107)44(103)36-125-82/h16-17,20-21,28,38-41,44-49,51-78,81-88,98-120,124H,1-2,18-19,22-27,29-37H2,3-15H3/b42-21+,43-20+/t38-,39?,40?,41?,44+,45?,46?,47-,48?,49?,51?,52+,53-,54-,55?,56-,57?,58+,59+,60-,61+,62?,63?,64?,65?,66-,67-,68-,69-,70-,71+,72-,73?,74-,75-,76-,77?,78-,81-,82-,83-,84-,85-,86-,87+,88-,92?,93+,94-,95-,96+,97+/m0/s1. The molecule has 143 heavy (non-hydrogen) atoms. The van der Waals surface area contributed by atoms with Crippen molar-refractivity contribution in [1.29, 1.82) is 0 Å². The van der Waals surface area contributed by atoms with Gasteiger partial charge in [0.15, 0.2) is 56.2 Å². The predicted molar refractivity (Wildman–Crippen MR) is 481 cm³/mol. The van der Waals surface area contributed by atoms with Crippen molar-refractivity contribution >= 4 is 17.9 Å². The van der Waals surface area contributed by atoms with Gasteiger partial charge >= 0.3 is 17.9 Å². The molecule has 14 aliphatic rings. The van der Waals surface area contributed by atoms with E-state index in [1.807, 2.05) is 6.92 Å². The number of carbonyl (C=O) groups is 3. The highest BCUT2D eigenvalue weighted by Gasteiger charge is 2.81. The fraction of sp³-hybridized carbons (Fsp3) is 0.866. The summed E-state index contributed by atoms with van der Waals surface area (Å²) in [5.74, 6) is -5.83. The van der Waals surface area contributed by atoms with Crippen LogP contribution in [0, 0.1) is 56.2 Å². The van der Waals surface area contributed by atoms with Gasteiger partial charge in [-0.15, -0.1) is 13.2 Å². The zero-order chi connectivity index (χ0) is 105. The van der Waals surface area contributed by atoms with Gasteiger partial charge in [0, 0.05) is 29.1 Å². The van der Waals surface area contributed by atoms with Crippen LogP contribution in [-0.4, -0.2) is 456 Å². The molecule has 4 saturated carbocycles. The van der Waals surface area contributed by atoms with Gasteiger partial charge in [0.05, 0.1) is 117 Å². The largest absolute Gasteiger partial charge is 0.458 e. The van der Waals surface area contributed by atoms with Crippen LogP contribution in [0.3, 0.4) is 0 Å². The van der Waals surface area contributed by atoms with Gasteiger partial charge in [-0.05, 0) is 120 Å². The second-order valence-electron chi connectivity index (χ2n) is 44.1. The Kier molecular flexibility index (Phi) is 35.3. The van der Waals surface area contributed by atoms with Gasteiger partial charge in [0.1, 0.15) is 152 Å². The van der Waals surface area contributed by atoms with Crippen LogP contribution in [0.5, 0.6) is 0 Å². The Morgan fingerprint density at radius 2 is 0.965 bits per heavy atom. The average Bonchev–Trinajstić information content (AvgIpc) is 1.49. The van der Waals surface area contributed by atoms with Crippen LogP contribution in [0.1, 0.15) is 154 Å². The van der Waals surface area contributed by atoms with Crippen molar-refractivity contribution in [1.82, 2.24) is 0 Å². The maximum absolute atomic E-state index is 17.0. The molecule has 13 fully saturated rings. The molecule has 0 aromatic heterocycles. The number of ether oxygens (including phenoxy) is 19. The lowest BCUT2D eigenvalue weighted by Gasteiger charge is -2.69. The summed E-state index contributed by atoms with van der Waals surface area (Å²) in [7, 11) is 0. The molecule has 46 heteroatoms. The first-order valence-corrected chi connectivity index (χ1v) is 49.5. The Hall–Kier alpha value is -4.49. The number of carbonyl (C=O) groups excluding carboxylic acids is 3. The first-order chi connectivity index (χ1) is 67.1. The monoisotopic (exact) mass is 2050 g/mol. The molecule has 17 unspecified atom stereocenters. The molecule has 9 heterocycles. The highest BCUT2D eigenvalue weighted by atomic mass is 16.8. The average molecular weight is 2050 g/mol. The van der Waals surface area contributed by atoms with Gasteiger partial charge in [-0.1, -0.05) is 91.3 Å². The maximum Gasteiger partial charge on any atom is 0.336 e. The summed E-state index contributed by atoms with van der Waals surface area (Å²) in [5, 5.41) is 269. The molecular formula is C97H152O46. The first-order valence-electron chi connectivity index (χ1n) is 49.5. The molecule has 0 amide bonds. The van der Waals surface area contributed by atoms with Crippen molar-refractivity contribution < 1.29 is 227 Å². The Bertz CT molecular complexity index is 4440. The molecule has 5 aliphatic carbocycles. The molecule has 816 valence electrons. The number of allylic oxidation sites excluding steroid dienone is 2. The molecule has 0 aromatic carbocycles. The quantitative estimate of drug-likeness (QED) is 0.00713. The van der Waals surface area contributed by atoms with E-state index in [9.17, 15) is 127 Å². The summed E-state index contributed by atoms with van der Waals surface area (Å²) < 4.78 is 118. The maximum atomic E-state index is 17.0. The minimum atomic E-state index is -2.32. The van der Waals surface area contributed by atoms with Gasteiger partial charge in [0.25, 0.3) is 0 Å². The summed E-state index contributed by atoms with van der Waals surface area (Å²) in [5.41, 5.74) is -9.49. The SMILES string of the molecule is C=CC(C)(O)CC/C=C(\CO)C(=O)O[C@@H]1C(C)O[C@@H](O[C@](C)(C=C)CC/C=C(\CO)C(=O)O[C@H]2C[C@@]3(C(=O)O[C@@H]4OC(CO)[C@@H](O)C(O)[C@@H]4O[C@@H]4OC(C)[C@H](O[C@@H]5O[C@@H](CO)[C@H](O)[C@@H]5O)C(O[C@@H]5OC(CO)[C@@H](O)C(O)[C@@H]5O)[C@@H]4O)C(CC2(C)C)[C@@]2(C)C(=C[C@H]3O)[C@]3(C)CCC4C(C)(C)[C@@H](O[C@@H]5OC(CO[C@@H]6OC(C)[C@H](O)C(O)[C@@H]6O[C@@H]6OC[C@@H](O)C(O)[C@@H]6O)[C@@H](O)C(O)[C@@H]5C)CC[C@]4(C)C3[C@@H]3O[C@@H]32)[C@@H](O)C1O. The summed E-state index contributed by atoms with van der Waals surface area (Å²) in [6.45, 7) is 25.0. The lowest BCUT2D eigenvalue weighted by Crippen LogP contribution is -2.70. The molecule has 24 N–H and O–H groups in total. The zero-order valence-electron chi connectivity index (χ0n) is 82.6. The van der Waals surface area contributed by atoms with Crippen molar-refractivity contribution in [3.8, 4) is 0 Å². The van der Waals surface area contributed by atoms with Crippen molar-refractivity contribution in [2.24, 2.45) is 56.2 Å². The molecule has 0 bridgehead atoms. The van der Waals surface area contributed by atoms with Gasteiger partial charge < -0.3 is 213 Å². The van der Waals surface area contributed by atoms with Crippen LogP contribution >= 0.6 is 0 Å². The highest BCUT2D eigenvalue weighted by Crippen LogP contribution is 2.79. The number of fused-ring (bicyclic) bond motifs is 10. The fourth-order valence-electron chi connectivity index (χ4n) is 25.0. The van der Waals surface area contributed by atoms with Gasteiger partial charge in [-0.25, -0.2) is 9.59 Å². The van der Waals surface area contributed by atoms with Gasteiger partial charge in [-0.3, -0.25) is 4.79 Å². The summed E-state index contributed by atoms with van der Waals surface area (Å²) in [6.07, 6.45) is -61.1. The van der Waals surface area contributed by atoms with Crippen LogP contribution in [0.2, 0.25) is 0 Å². The molecule has 46 nitrogen and oxygen atoms in total. The molecule has 9 aliphatic heterocycles. The van der Waals surface area contributed by atoms with Crippen molar-refractivity contribution in [2.45, 2.75) is 423 Å². The van der Waals surface area contributed by atoms with E-state index in [4.69, 9.17) is 90.0 Å². The van der Waals surface area contributed by atoms with Crippen molar-refractivity contribution in [3.05, 3.63) is 60.3 Å². The fourth-order valence-corrected chi connectivity index (χ4v) is 25.0. The van der Waals surface area contributed by atoms with E-state index in [1.54, 1.807) is 33.8 Å². The van der Waals surface area contributed by atoms with Crippen LogP contribution < -0.4 is 0 Å². The molecule has 52 atom stereocenters. The third-order valence-corrected chi connectivity index (χ3v) is 33.9. The lowest BCUT2D eigenvalue weighted by atomic mass is 9.34. The minimum absolute atomic E-state index is 0.0556. The second-order valence-corrected chi connectivity index (χ2v) is 44.1. The highest BCUT2D eigenvalue weighted by molar-refractivity contribution is 5.89. The van der Waals surface area contributed by atoms with Crippen molar-refractivity contribution in [3.63, 3.8) is 0 Å². The Morgan fingerprint density at radius 1 is 0.462 bits per heavy atom. The normalized spacial score (nSPS) is 49.5. The zero-order valence-corrected chi connectivity index (χ0v) is 82.6. The van der Waals surface area contributed by atoms with E-state index in [1.165, 1.54) is 52.0 Å². The van der Waals surface area contributed by atoms with Crippen LogP contribution in [0.25, 0.3) is 0 Å². The number of aliphatic hydroxyl groups is 24. The number of epoxide rings is 1. The Balaban J connectivity index is 0.745. The summed E-state index contributed by atoms with van der Waals surface area (Å²) in [6, 6.07) is 0. The minimum Gasteiger partial charge on any atom is -0.458 e. The summed E-state index contributed by atoms with van der Waals surface area (Å²) in [4.78, 5) is 45.5. The third-order valence-electron chi connectivity index (χ3n) is 33.9. The first kappa shape index (κ1) is 114. The lowest BCUT2D eigenvalue weighted by molar-refractivity contribution is -0.390. The van der Waals surface area contributed by atoms with Crippen LogP contribution in [0.4, 0.5) is 0 Å². The van der Waals surface area contributed by atoms with Crippen LogP contribution in [0.15, 0.2) is 60.3 Å². The van der Waals surface area contributed by atoms with E-state index in [0.29, 0.717) is 25.7 Å². The van der Waals surface area contributed by atoms with E-state index >= 15 is 9.59 Å². The Morgan fingerprint density at radius 3 is 1.58 bits per heavy atom. The predicted octanol–water partition coefficient (Wildman–Crippen LogP) is -5.80. The second kappa shape index (κ2) is 44.3. The summed E-state index contributed by atoms with van der Waals surface area (Å²) >= 11 is 0. The molecule has 14 rings (SSSR count). The smallest absolute Gasteiger partial charge is 0.336 e. The van der Waals surface area contributed by atoms with Gasteiger partial charge in [0.2, 0.25) is 6.29 Å². The van der Waals surface area contributed by atoms with E-state index < -0.39 is 384 Å². The number of hydrogen-bond donors (Lipinski definition) is 24. The Labute approximate surface area is 827 Å². The van der Waals surface area contributed by atoms with E-state index in [0.717, 1.165) is 5.57 Å². The van der Waals surface area contributed by atoms with E-state index in [2.05, 4.69) is 40.9 Å². The third kappa shape index (κ3) is 21.5. The molecule has 0 spiro atoms. The van der Waals surface area contributed by atoms with E-state index in [-0.39, 0.29) is 55.1 Å². The van der Waals surface area contributed by atoms with Crippen molar-refractivity contribution in [2.75, 3.05) is 46.2 Å². The molecule has 0 radical (unpaired) electrons.